The van der Waals surface area contributed by atoms with E-state index in [1.54, 1.807) is 11.8 Å². The zero-order valence-electron chi connectivity index (χ0n) is 17.4. The molecule has 156 valence electrons. The van der Waals surface area contributed by atoms with Gasteiger partial charge in [-0.25, -0.2) is 0 Å². The number of nitrogens with one attached hydrogen (secondary N) is 1. The molecule has 1 N–H and O–H groups in total. The summed E-state index contributed by atoms with van der Waals surface area (Å²) in [4.78, 5) is 15.5. The van der Waals surface area contributed by atoms with E-state index in [0.717, 1.165) is 32.1 Å². The number of carbonyl (C=O) groups is 1. The van der Waals surface area contributed by atoms with Crippen molar-refractivity contribution in [3.05, 3.63) is 71.8 Å². The van der Waals surface area contributed by atoms with Crippen LogP contribution in [0.4, 0.5) is 0 Å². The average Bonchev–Trinajstić information content (AvgIpc) is 2.76. The molecule has 0 spiro atoms. The minimum Gasteiger partial charge on any atom is -0.379 e. The first-order chi connectivity index (χ1) is 14.1. The van der Waals surface area contributed by atoms with Crippen molar-refractivity contribution < 1.29 is 9.53 Å². The first-order valence-electron chi connectivity index (χ1n) is 10.4. The molecule has 2 aromatic carbocycles. The molecule has 2 aromatic rings. The van der Waals surface area contributed by atoms with Gasteiger partial charge in [-0.05, 0) is 17.0 Å². The van der Waals surface area contributed by atoms with Crippen molar-refractivity contribution in [3.8, 4) is 0 Å². The maximum Gasteiger partial charge on any atom is 0.233 e. The molecule has 4 nitrogen and oxygen atoms in total. The molecule has 0 bridgehead atoms. The molecule has 1 aliphatic heterocycles. The van der Waals surface area contributed by atoms with Crippen LogP contribution in [0.3, 0.4) is 0 Å². The maximum atomic E-state index is 13.0. The highest BCUT2D eigenvalue weighted by atomic mass is 32.2. The Morgan fingerprint density at radius 3 is 2.28 bits per heavy atom. The van der Waals surface area contributed by atoms with Crippen molar-refractivity contribution in [2.75, 3.05) is 32.8 Å². The summed E-state index contributed by atoms with van der Waals surface area (Å²) < 4.78 is 5.52. The number of ether oxygens (including phenoxy) is 1. The molecule has 3 rings (SSSR count). The number of hydrogen-bond acceptors (Lipinski definition) is 4. The first kappa shape index (κ1) is 21.9. The van der Waals surface area contributed by atoms with Crippen LogP contribution in [0.25, 0.3) is 0 Å². The highest BCUT2D eigenvalue weighted by molar-refractivity contribution is 7.99. The van der Waals surface area contributed by atoms with Gasteiger partial charge >= 0.3 is 0 Å². The third-order valence-electron chi connectivity index (χ3n) is 5.28. The van der Waals surface area contributed by atoms with E-state index in [1.165, 1.54) is 11.1 Å². The second kappa shape index (κ2) is 11.4. The predicted molar refractivity (Wildman–Crippen MR) is 121 cm³/mol. The molecular weight excluding hydrogens is 380 g/mol. The lowest BCUT2D eigenvalue weighted by Gasteiger charge is -2.35. The Hall–Kier alpha value is -1.82. The Balaban J connectivity index is 1.62. The van der Waals surface area contributed by atoms with Crippen LogP contribution in [0.5, 0.6) is 0 Å². The normalized spacial score (nSPS) is 17.1. The van der Waals surface area contributed by atoms with Gasteiger partial charge in [0.25, 0.3) is 0 Å². The smallest absolute Gasteiger partial charge is 0.233 e. The summed E-state index contributed by atoms with van der Waals surface area (Å²) >= 11 is 1.73. The van der Waals surface area contributed by atoms with E-state index in [-0.39, 0.29) is 23.1 Å². The van der Waals surface area contributed by atoms with Crippen LogP contribution in [0, 0.1) is 5.92 Å². The highest BCUT2D eigenvalue weighted by Crippen LogP contribution is 2.25. The summed E-state index contributed by atoms with van der Waals surface area (Å²) in [5.74, 6) is 1.26. The van der Waals surface area contributed by atoms with Gasteiger partial charge in [0, 0.05) is 25.4 Å². The Bertz CT molecular complexity index is 733. The molecule has 1 fully saturated rings. The van der Waals surface area contributed by atoms with Gasteiger partial charge in [-0.15, -0.1) is 11.8 Å². The van der Waals surface area contributed by atoms with Crippen LogP contribution in [0.1, 0.15) is 31.0 Å². The van der Waals surface area contributed by atoms with E-state index in [2.05, 4.69) is 60.5 Å². The van der Waals surface area contributed by atoms with Crippen LogP contribution in [-0.4, -0.2) is 48.9 Å². The molecule has 2 unspecified atom stereocenters. The molecule has 5 heteroatoms. The molecule has 1 aliphatic rings. The summed E-state index contributed by atoms with van der Waals surface area (Å²) in [7, 11) is 0. The molecule has 0 aliphatic carbocycles. The molecular formula is C24H32N2O2S. The van der Waals surface area contributed by atoms with E-state index < -0.39 is 0 Å². The summed E-state index contributed by atoms with van der Waals surface area (Å²) in [6.45, 7) is 8.16. The minimum absolute atomic E-state index is 0.0590. The second-order valence-corrected chi connectivity index (χ2v) is 8.91. The van der Waals surface area contributed by atoms with E-state index in [0.29, 0.717) is 6.54 Å². The SMILES string of the molecule is CC(C)C(SCc1ccccc1)C(=O)NCC(c1ccccc1)N1CCOCC1. The summed E-state index contributed by atoms with van der Waals surface area (Å²) in [6, 6.07) is 21.0. The highest BCUT2D eigenvalue weighted by Gasteiger charge is 2.26. The Morgan fingerprint density at radius 2 is 1.66 bits per heavy atom. The van der Waals surface area contributed by atoms with Crippen molar-refractivity contribution in [2.45, 2.75) is 30.9 Å². The third kappa shape index (κ3) is 6.59. The van der Waals surface area contributed by atoms with E-state index in [1.807, 2.05) is 24.3 Å². The lowest BCUT2D eigenvalue weighted by atomic mass is 10.0. The summed E-state index contributed by atoms with van der Waals surface area (Å²) in [6.07, 6.45) is 0. The van der Waals surface area contributed by atoms with Crippen molar-refractivity contribution >= 4 is 17.7 Å². The largest absolute Gasteiger partial charge is 0.379 e. The monoisotopic (exact) mass is 412 g/mol. The zero-order chi connectivity index (χ0) is 20.5. The number of nitrogens with zero attached hydrogens (tertiary/aromatic N) is 1. The molecule has 1 heterocycles. The van der Waals surface area contributed by atoms with E-state index in [4.69, 9.17) is 4.74 Å². The molecule has 0 radical (unpaired) electrons. The average molecular weight is 413 g/mol. The number of rotatable bonds is 9. The minimum atomic E-state index is -0.0590. The van der Waals surface area contributed by atoms with Gasteiger partial charge in [0.1, 0.15) is 0 Å². The van der Waals surface area contributed by atoms with Crippen molar-refractivity contribution in [1.29, 1.82) is 0 Å². The van der Waals surface area contributed by atoms with E-state index in [9.17, 15) is 4.79 Å². The fourth-order valence-corrected chi connectivity index (χ4v) is 4.84. The number of carbonyl (C=O) groups excluding carboxylic acids is 1. The van der Waals surface area contributed by atoms with Crippen LogP contribution >= 0.6 is 11.8 Å². The predicted octanol–water partition coefficient (Wildman–Crippen LogP) is 4.13. The molecule has 0 saturated carbocycles. The van der Waals surface area contributed by atoms with Crippen LogP contribution in [-0.2, 0) is 15.3 Å². The van der Waals surface area contributed by atoms with Gasteiger partial charge < -0.3 is 10.1 Å². The van der Waals surface area contributed by atoms with E-state index >= 15 is 0 Å². The third-order valence-corrected chi connectivity index (χ3v) is 6.89. The number of benzene rings is 2. The first-order valence-corrected chi connectivity index (χ1v) is 11.5. The maximum absolute atomic E-state index is 13.0. The number of morpholine rings is 1. The Labute approximate surface area is 179 Å². The van der Waals surface area contributed by atoms with Crippen molar-refractivity contribution in [2.24, 2.45) is 5.92 Å². The van der Waals surface area contributed by atoms with Gasteiger partial charge in [-0.2, -0.15) is 0 Å². The molecule has 1 saturated heterocycles. The lowest BCUT2D eigenvalue weighted by molar-refractivity contribution is -0.121. The Kier molecular flexibility index (Phi) is 8.59. The standard InChI is InChI=1S/C24H32N2O2S/c1-19(2)23(29-18-20-9-5-3-6-10-20)24(27)25-17-22(21-11-7-4-8-12-21)26-13-15-28-16-14-26/h3-12,19,22-23H,13-18H2,1-2H3,(H,25,27). The second-order valence-electron chi connectivity index (χ2n) is 7.78. The Morgan fingerprint density at radius 1 is 1.03 bits per heavy atom. The number of amides is 1. The van der Waals surface area contributed by atoms with Gasteiger partial charge in [-0.1, -0.05) is 74.5 Å². The summed E-state index contributed by atoms with van der Waals surface area (Å²) in [5, 5.41) is 3.20. The molecule has 29 heavy (non-hydrogen) atoms. The van der Waals surface area contributed by atoms with Crippen LogP contribution in [0.2, 0.25) is 0 Å². The van der Waals surface area contributed by atoms with Gasteiger partial charge in [0.2, 0.25) is 5.91 Å². The lowest BCUT2D eigenvalue weighted by Crippen LogP contribution is -2.45. The molecule has 1 amide bonds. The van der Waals surface area contributed by atoms with Crippen molar-refractivity contribution in [3.63, 3.8) is 0 Å². The van der Waals surface area contributed by atoms with Crippen LogP contribution < -0.4 is 5.32 Å². The van der Waals surface area contributed by atoms with Gasteiger partial charge in [0.15, 0.2) is 0 Å². The molecule has 0 aromatic heterocycles. The fourth-order valence-electron chi connectivity index (χ4n) is 3.65. The quantitative estimate of drug-likeness (QED) is 0.672. The van der Waals surface area contributed by atoms with Gasteiger partial charge in [-0.3, -0.25) is 9.69 Å². The van der Waals surface area contributed by atoms with Gasteiger partial charge in [0.05, 0.1) is 24.5 Å². The number of thioether (sulfide) groups is 1. The number of hydrogen-bond donors (Lipinski definition) is 1. The molecule has 2 atom stereocenters. The zero-order valence-corrected chi connectivity index (χ0v) is 18.2. The fraction of sp³-hybridized carbons (Fsp3) is 0.458. The topological polar surface area (TPSA) is 41.6 Å². The summed E-state index contributed by atoms with van der Waals surface area (Å²) in [5.41, 5.74) is 2.50. The van der Waals surface area contributed by atoms with Crippen molar-refractivity contribution in [1.82, 2.24) is 10.2 Å². The van der Waals surface area contributed by atoms with Crippen LogP contribution in [0.15, 0.2) is 60.7 Å².